The number of carbonyl (C=O) groups is 1. The van der Waals surface area contributed by atoms with Crippen molar-refractivity contribution in [1.82, 2.24) is 9.97 Å². The van der Waals surface area contributed by atoms with Crippen LogP contribution in [0.3, 0.4) is 0 Å². The molecule has 1 saturated heterocycles. The first-order chi connectivity index (χ1) is 14.5. The fourth-order valence-electron chi connectivity index (χ4n) is 4.39. The van der Waals surface area contributed by atoms with E-state index in [0.29, 0.717) is 16.5 Å². The predicted octanol–water partition coefficient (Wildman–Crippen LogP) is 3.89. The molecule has 0 bridgehead atoms. The standard InChI is InChI=1S/C23H28N2O4S/c26-22(17-1-2-17)21-14-24-23(25-21)20(13-15-9-11-29-12-10-15)16-3-5-18(6-4-16)30(27,28)19-7-8-19/h3-6,14-15,17,19-20H,1-2,7-13H2,(H,24,25). The molecule has 7 heteroatoms. The van der Waals surface area contributed by atoms with Crippen molar-refractivity contribution >= 4 is 15.6 Å². The number of ketones is 1. The van der Waals surface area contributed by atoms with Crippen LogP contribution >= 0.6 is 0 Å². The lowest BCUT2D eigenvalue weighted by Gasteiger charge is -2.26. The molecule has 6 nitrogen and oxygen atoms in total. The number of aromatic amines is 1. The van der Waals surface area contributed by atoms with Crippen molar-refractivity contribution in [3.63, 3.8) is 0 Å². The van der Waals surface area contributed by atoms with Crippen LogP contribution in [0.25, 0.3) is 0 Å². The summed E-state index contributed by atoms with van der Waals surface area (Å²) in [6.45, 7) is 1.55. The molecular formula is C23H28N2O4S. The van der Waals surface area contributed by atoms with E-state index in [1.807, 2.05) is 12.1 Å². The molecule has 2 saturated carbocycles. The van der Waals surface area contributed by atoms with Crippen molar-refractivity contribution in [2.75, 3.05) is 13.2 Å². The van der Waals surface area contributed by atoms with Crippen LogP contribution < -0.4 is 0 Å². The highest BCUT2D eigenvalue weighted by atomic mass is 32.2. The van der Waals surface area contributed by atoms with E-state index in [2.05, 4.69) is 9.97 Å². The van der Waals surface area contributed by atoms with Gasteiger partial charge in [0.15, 0.2) is 15.6 Å². The van der Waals surface area contributed by atoms with Gasteiger partial charge in [-0.3, -0.25) is 4.79 Å². The Morgan fingerprint density at radius 3 is 2.40 bits per heavy atom. The summed E-state index contributed by atoms with van der Waals surface area (Å²) in [6.07, 6.45) is 8.06. The number of Topliss-reactive ketones (excluding diaryl/α,β-unsaturated/α-hetero) is 1. The summed E-state index contributed by atoms with van der Waals surface area (Å²) < 4.78 is 30.6. The molecule has 0 amide bonds. The van der Waals surface area contributed by atoms with Crippen LogP contribution in [-0.4, -0.2) is 42.6 Å². The minimum atomic E-state index is -3.19. The van der Waals surface area contributed by atoms with Crippen LogP contribution in [0.5, 0.6) is 0 Å². The van der Waals surface area contributed by atoms with Crippen LogP contribution in [0.1, 0.15) is 72.7 Å². The largest absolute Gasteiger partial charge is 0.381 e. The maximum absolute atomic E-state index is 12.5. The Morgan fingerprint density at radius 2 is 1.77 bits per heavy atom. The third-order valence-electron chi connectivity index (χ3n) is 6.62. The highest BCUT2D eigenvalue weighted by molar-refractivity contribution is 7.92. The molecule has 2 aliphatic carbocycles. The highest BCUT2D eigenvalue weighted by Gasteiger charge is 2.37. The average molecular weight is 429 g/mol. The lowest BCUT2D eigenvalue weighted by Crippen LogP contribution is -2.19. The van der Waals surface area contributed by atoms with Crippen molar-refractivity contribution in [3.8, 4) is 0 Å². The van der Waals surface area contributed by atoms with E-state index in [1.54, 1.807) is 18.3 Å². The van der Waals surface area contributed by atoms with E-state index < -0.39 is 9.84 Å². The zero-order valence-corrected chi connectivity index (χ0v) is 17.9. The second kappa shape index (κ2) is 7.93. The van der Waals surface area contributed by atoms with Crippen LogP contribution in [0.2, 0.25) is 0 Å². The molecule has 1 unspecified atom stereocenters. The van der Waals surface area contributed by atoms with E-state index >= 15 is 0 Å². The smallest absolute Gasteiger partial charge is 0.183 e. The zero-order valence-electron chi connectivity index (χ0n) is 17.0. The molecule has 1 atom stereocenters. The number of benzene rings is 1. The number of rotatable bonds is 8. The summed E-state index contributed by atoms with van der Waals surface area (Å²) in [5.74, 6) is 1.63. The van der Waals surface area contributed by atoms with Crippen molar-refractivity contribution in [2.24, 2.45) is 11.8 Å². The lowest BCUT2D eigenvalue weighted by molar-refractivity contribution is 0.0625. The van der Waals surface area contributed by atoms with Crippen molar-refractivity contribution in [1.29, 1.82) is 0 Å². The van der Waals surface area contributed by atoms with Crippen LogP contribution in [-0.2, 0) is 14.6 Å². The number of ether oxygens (including phenoxy) is 1. The molecule has 1 aromatic carbocycles. The van der Waals surface area contributed by atoms with Crippen LogP contribution in [0, 0.1) is 11.8 Å². The Hall–Kier alpha value is -1.99. The molecule has 1 aromatic heterocycles. The van der Waals surface area contributed by atoms with Gasteiger partial charge in [-0.1, -0.05) is 12.1 Å². The highest BCUT2D eigenvalue weighted by Crippen LogP contribution is 2.37. The first kappa shape index (κ1) is 19.9. The molecule has 1 N–H and O–H groups in total. The number of carbonyl (C=O) groups excluding carboxylic acids is 1. The van der Waals surface area contributed by atoms with Gasteiger partial charge in [0.25, 0.3) is 0 Å². The number of sulfone groups is 1. The lowest BCUT2D eigenvalue weighted by atomic mass is 9.84. The predicted molar refractivity (Wildman–Crippen MR) is 112 cm³/mol. The molecule has 1 aliphatic heterocycles. The summed E-state index contributed by atoms with van der Waals surface area (Å²) in [6, 6.07) is 7.31. The fraction of sp³-hybridized carbons (Fsp3) is 0.565. The molecular weight excluding hydrogens is 400 g/mol. The second-order valence-corrected chi connectivity index (χ2v) is 11.2. The van der Waals surface area contributed by atoms with E-state index in [0.717, 1.165) is 69.5 Å². The first-order valence-electron chi connectivity index (χ1n) is 11.0. The number of nitrogens with zero attached hydrogens (tertiary/aromatic N) is 1. The van der Waals surface area contributed by atoms with Gasteiger partial charge in [-0.15, -0.1) is 0 Å². The number of imidazole rings is 1. The summed E-state index contributed by atoms with van der Waals surface area (Å²) in [4.78, 5) is 20.7. The third-order valence-corrected chi connectivity index (χ3v) is 8.90. The molecule has 3 fully saturated rings. The Kier molecular flexibility index (Phi) is 5.27. The molecule has 3 aliphatic rings. The minimum Gasteiger partial charge on any atom is -0.381 e. The van der Waals surface area contributed by atoms with Gasteiger partial charge in [0.05, 0.1) is 16.3 Å². The summed E-state index contributed by atoms with van der Waals surface area (Å²) in [7, 11) is -3.19. The Labute approximate surface area is 177 Å². The maximum Gasteiger partial charge on any atom is 0.183 e. The zero-order chi connectivity index (χ0) is 20.7. The third kappa shape index (κ3) is 4.10. The van der Waals surface area contributed by atoms with Crippen LogP contribution in [0.15, 0.2) is 35.4 Å². The topological polar surface area (TPSA) is 89.1 Å². The number of H-pyrrole nitrogens is 1. The molecule has 2 aromatic rings. The quantitative estimate of drug-likeness (QED) is 0.645. The summed E-state index contributed by atoms with van der Waals surface area (Å²) >= 11 is 0. The summed E-state index contributed by atoms with van der Waals surface area (Å²) in [5.41, 5.74) is 1.63. The number of hydrogen-bond acceptors (Lipinski definition) is 5. The van der Waals surface area contributed by atoms with Crippen molar-refractivity contribution in [2.45, 2.75) is 61.0 Å². The Balaban J connectivity index is 1.42. The average Bonchev–Trinajstić information content (AvgIpc) is 3.69. The van der Waals surface area contributed by atoms with E-state index in [1.165, 1.54) is 0 Å². The maximum atomic E-state index is 12.5. The van der Waals surface area contributed by atoms with Gasteiger partial charge in [-0.05, 0) is 68.6 Å². The van der Waals surface area contributed by atoms with E-state index in [9.17, 15) is 13.2 Å². The normalized spacial score (nSPS) is 21.5. The first-order valence-corrected chi connectivity index (χ1v) is 12.6. The fourth-order valence-corrected chi connectivity index (χ4v) is 6.04. The molecule has 0 spiro atoms. The van der Waals surface area contributed by atoms with E-state index in [-0.39, 0.29) is 22.9 Å². The van der Waals surface area contributed by atoms with Gasteiger partial charge in [-0.2, -0.15) is 0 Å². The van der Waals surface area contributed by atoms with Gasteiger partial charge in [-0.25, -0.2) is 13.4 Å². The SMILES string of the molecule is O=C(c1cnc(C(CC2CCOCC2)c2ccc(S(=O)(=O)C3CC3)cc2)[nH]1)C1CC1. The van der Waals surface area contributed by atoms with Gasteiger partial charge in [0.2, 0.25) is 0 Å². The van der Waals surface area contributed by atoms with Gasteiger partial charge in [0.1, 0.15) is 11.5 Å². The molecule has 160 valence electrons. The monoisotopic (exact) mass is 428 g/mol. The molecule has 2 heterocycles. The molecule has 5 rings (SSSR count). The van der Waals surface area contributed by atoms with Crippen LogP contribution in [0.4, 0.5) is 0 Å². The Bertz CT molecular complexity index is 1010. The summed E-state index contributed by atoms with van der Waals surface area (Å²) in [5, 5.41) is -0.206. The number of nitrogens with one attached hydrogen (secondary N) is 1. The van der Waals surface area contributed by atoms with Gasteiger partial charge >= 0.3 is 0 Å². The van der Waals surface area contributed by atoms with E-state index in [4.69, 9.17) is 4.74 Å². The van der Waals surface area contributed by atoms with Gasteiger partial charge in [0, 0.05) is 25.0 Å². The van der Waals surface area contributed by atoms with Gasteiger partial charge < -0.3 is 9.72 Å². The second-order valence-electron chi connectivity index (χ2n) is 8.98. The number of hydrogen-bond donors (Lipinski definition) is 1. The Morgan fingerprint density at radius 1 is 1.07 bits per heavy atom. The molecule has 30 heavy (non-hydrogen) atoms. The van der Waals surface area contributed by atoms with Crippen molar-refractivity contribution in [3.05, 3.63) is 47.5 Å². The minimum absolute atomic E-state index is 0.00605. The number of aromatic nitrogens is 2. The molecule has 0 radical (unpaired) electrons. The van der Waals surface area contributed by atoms with Crippen molar-refractivity contribution < 1.29 is 17.9 Å².